The van der Waals surface area contributed by atoms with Gasteiger partial charge < -0.3 is 16.0 Å². The Balaban J connectivity index is 2.01. The normalized spacial score (nSPS) is 18.4. The van der Waals surface area contributed by atoms with Gasteiger partial charge in [0.05, 0.1) is 0 Å². The largest absolute Gasteiger partial charge is 0.370 e. The van der Waals surface area contributed by atoms with Crippen LogP contribution < -0.4 is 11.1 Å². The molecule has 1 rings (SSSR count). The minimum absolute atomic E-state index is 0.172. The summed E-state index contributed by atoms with van der Waals surface area (Å²) >= 11 is 0. The number of likely N-dealkylation sites (tertiary alicyclic amines) is 1. The first-order chi connectivity index (χ1) is 8.22. The molecule has 0 radical (unpaired) electrons. The minimum Gasteiger partial charge on any atom is -0.370 e. The lowest BCUT2D eigenvalue weighted by atomic mass is 9.96. The average molecular weight is 241 g/mol. The van der Waals surface area contributed by atoms with Crippen molar-refractivity contribution in [3.63, 3.8) is 0 Å². The summed E-state index contributed by atoms with van der Waals surface area (Å²) in [4.78, 5) is 13.1. The fourth-order valence-electron chi connectivity index (χ4n) is 2.40. The van der Waals surface area contributed by atoms with E-state index in [1.165, 1.54) is 32.5 Å². The van der Waals surface area contributed by atoms with E-state index >= 15 is 0 Å². The van der Waals surface area contributed by atoms with Gasteiger partial charge in [-0.25, -0.2) is 0 Å². The van der Waals surface area contributed by atoms with E-state index in [0.717, 1.165) is 31.8 Å². The Kier molecular flexibility index (Phi) is 7.21. The maximum atomic E-state index is 10.6. The van der Waals surface area contributed by atoms with E-state index in [-0.39, 0.29) is 5.91 Å². The Hall–Kier alpha value is -0.610. The molecule has 0 aromatic carbocycles. The molecule has 0 aliphatic carbocycles. The van der Waals surface area contributed by atoms with Crippen LogP contribution in [0.15, 0.2) is 0 Å². The highest BCUT2D eigenvalue weighted by Crippen LogP contribution is 2.16. The van der Waals surface area contributed by atoms with Crippen LogP contribution in [0.5, 0.6) is 0 Å². The molecule has 0 spiro atoms. The predicted molar refractivity (Wildman–Crippen MR) is 70.8 cm³/mol. The SMILES string of the molecule is CCNCC1CCN(CCCCC(N)=O)CC1. The topological polar surface area (TPSA) is 58.4 Å². The predicted octanol–water partition coefficient (Wildman–Crippen LogP) is 0.964. The van der Waals surface area contributed by atoms with Crippen LogP contribution in [0.3, 0.4) is 0 Å². The zero-order chi connectivity index (χ0) is 12.5. The number of rotatable bonds is 8. The Labute approximate surface area is 105 Å². The van der Waals surface area contributed by atoms with Gasteiger partial charge in [-0.15, -0.1) is 0 Å². The van der Waals surface area contributed by atoms with E-state index in [1.807, 2.05) is 0 Å². The molecule has 1 fully saturated rings. The third kappa shape index (κ3) is 6.64. The Morgan fingerprint density at radius 2 is 2.06 bits per heavy atom. The van der Waals surface area contributed by atoms with Crippen LogP contribution in [0, 0.1) is 5.92 Å². The molecule has 0 aromatic rings. The molecule has 0 unspecified atom stereocenters. The van der Waals surface area contributed by atoms with Crippen LogP contribution in [-0.4, -0.2) is 43.5 Å². The highest BCUT2D eigenvalue weighted by atomic mass is 16.1. The Bertz CT molecular complexity index is 213. The van der Waals surface area contributed by atoms with Crippen molar-refractivity contribution in [3.05, 3.63) is 0 Å². The summed E-state index contributed by atoms with van der Waals surface area (Å²) in [5, 5.41) is 3.43. The van der Waals surface area contributed by atoms with E-state index in [2.05, 4.69) is 17.1 Å². The van der Waals surface area contributed by atoms with Crippen LogP contribution in [0.4, 0.5) is 0 Å². The molecular formula is C13H27N3O. The number of hydrogen-bond acceptors (Lipinski definition) is 3. The summed E-state index contributed by atoms with van der Waals surface area (Å²) in [6.45, 7) is 7.97. The second-order valence-electron chi connectivity index (χ2n) is 5.02. The summed E-state index contributed by atoms with van der Waals surface area (Å²) < 4.78 is 0. The van der Waals surface area contributed by atoms with Crippen molar-refractivity contribution in [2.24, 2.45) is 11.7 Å². The first-order valence-electron chi connectivity index (χ1n) is 6.93. The number of unbranched alkanes of at least 4 members (excludes halogenated alkanes) is 1. The van der Waals surface area contributed by atoms with Crippen molar-refractivity contribution in [1.29, 1.82) is 0 Å². The fraction of sp³-hybridized carbons (Fsp3) is 0.923. The zero-order valence-corrected chi connectivity index (χ0v) is 11.1. The highest BCUT2D eigenvalue weighted by molar-refractivity contribution is 5.73. The lowest BCUT2D eigenvalue weighted by Crippen LogP contribution is -2.37. The van der Waals surface area contributed by atoms with Crippen LogP contribution in [-0.2, 0) is 4.79 Å². The molecule has 1 amide bonds. The van der Waals surface area contributed by atoms with E-state index < -0.39 is 0 Å². The second-order valence-corrected chi connectivity index (χ2v) is 5.02. The molecule has 17 heavy (non-hydrogen) atoms. The van der Waals surface area contributed by atoms with Gasteiger partial charge in [0.2, 0.25) is 5.91 Å². The number of piperidine rings is 1. The molecule has 3 N–H and O–H groups in total. The van der Waals surface area contributed by atoms with E-state index in [1.54, 1.807) is 0 Å². The molecule has 4 heteroatoms. The van der Waals surface area contributed by atoms with E-state index in [4.69, 9.17) is 5.73 Å². The Morgan fingerprint density at radius 1 is 1.35 bits per heavy atom. The number of amides is 1. The van der Waals surface area contributed by atoms with E-state index in [9.17, 15) is 4.79 Å². The minimum atomic E-state index is -0.172. The molecule has 1 aliphatic heterocycles. The standard InChI is InChI=1S/C13H27N3O/c1-2-15-11-12-6-9-16(10-7-12)8-4-3-5-13(14)17/h12,15H,2-11H2,1H3,(H2,14,17). The lowest BCUT2D eigenvalue weighted by molar-refractivity contribution is -0.118. The molecule has 100 valence electrons. The molecule has 1 heterocycles. The van der Waals surface area contributed by atoms with Crippen LogP contribution in [0.2, 0.25) is 0 Å². The molecule has 0 atom stereocenters. The number of hydrogen-bond donors (Lipinski definition) is 2. The number of nitrogens with zero attached hydrogens (tertiary/aromatic N) is 1. The number of primary amides is 1. The second kappa shape index (κ2) is 8.48. The van der Waals surface area contributed by atoms with Gasteiger partial charge in [-0.2, -0.15) is 0 Å². The maximum Gasteiger partial charge on any atom is 0.217 e. The molecule has 1 aliphatic rings. The van der Waals surface area contributed by atoms with Gasteiger partial charge in [0, 0.05) is 6.42 Å². The molecule has 0 bridgehead atoms. The number of carbonyl (C=O) groups excluding carboxylic acids is 1. The summed E-state index contributed by atoms with van der Waals surface area (Å²) in [5.74, 6) is 0.686. The first-order valence-corrected chi connectivity index (χ1v) is 6.93. The third-order valence-corrected chi connectivity index (χ3v) is 3.54. The van der Waals surface area contributed by atoms with Gasteiger partial charge in [0.25, 0.3) is 0 Å². The molecular weight excluding hydrogens is 214 g/mol. The first kappa shape index (κ1) is 14.5. The summed E-state index contributed by atoms with van der Waals surface area (Å²) in [7, 11) is 0. The Morgan fingerprint density at radius 3 is 2.65 bits per heavy atom. The van der Waals surface area contributed by atoms with Crippen molar-refractivity contribution in [1.82, 2.24) is 10.2 Å². The van der Waals surface area contributed by atoms with Gasteiger partial charge in [0.1, 0.15) is 0 Å². The zero-order valence-electron chi connectivity index (χ0n) is 11.1. The number of nitrogens with one attached hydrogen (secondary N) is 1. The van der Waals surface area contributed by atoms with Crippen molar-refractivity contribution in [2.45, 2.75) is 39.0 Å². The van der Waals surface area contributed by atoms with Crippen molar-refractivity contribution >= 4 is 5.91 Å². The van der Waals surface area contributed by atoms with Crippen molar-refractivity contribution in [2.75, 3.05) is 32.7 Å². The molecule has 0 aromatic heterocycles. The third-order valence-electron chi connectivity index (χ3n) is 3.54. The molecule has 4 nitrogen and oxygen atoms in total. The smallest absolute Gasteiger partial charge is 0.217 e. The van der Waals surface area contributed by atoms with Gasteiger partial charge in [-0.05, 0) is 64.3 Å². The summed E-state index contributed by atoms with van der Waals surface area (Å²) in [6, 6.07) is 0. The van der Waals surface area contributed by atoms with Gasteiger partial charge >= 0.3 is 0 Å². The van der Waals surface area contributed by atoms with Crippen molar-refractivity contribution in [3.8, 4) is 0 Å². The number of carbonyl (C=O) groups is 1. The van der Waals surface area contributed by atoms with E-state index in [0.29, 0.717) is 6.42 Å². The fourth-order valence-corrected chi connectivity index (χ4v) is 2.40. The van der Waals surface area contributed by atoms with Gasteiger partial charge in [0.15, 0.2) is 0 Å². The van der Waals surface area contributed by atoms with Crippen LogP contribution in [0.1, 0.15) is 39.0 Å². The highest BCUT2D eigenvalue weighted by Gasteiger charge is 2.17. The quantitative estimate of drug-likeness (QED) is 0.622. The maximum absolute atomic E-state index is 10.6. The lowest BCUT2D eigenvalue weighted by Gasteiger charge is -2.32. The van der Waals surface area contributed by atoms with Crippen molar-refractivity contribution < 1.29 is 4.79 Å². The van der Waals surface area contributed by atoms with Gasteiger partial charge in [-0.3, -0.25) is 4.79 Å². The molecule has 1 saturated heterocycles. The summed E-state index contributed by atoms with van der Waals surface area (Å²) in [5.41, 5.74) is 5.12. The van der Waals surface area contributed by atoms with Gasteiger partial charge in [-0.1, -0.05) is 6.92 Å². The molecule has 0 saturated carbocycles. The number of nitrogens with two attached hydrogens (primary N) is 1. The average Bonchev–Trinajstić information content (AvgIpc) is 2.33. The van der Waals surface area contributed by atoms with Crippen LogP contribution in [0.25, 0.3) is 0 Å². The summed E-state index contributed by atoms with van der Waals surface area (Å²) in [6.07, 6.45) is 5.19. The monoisotopic (exact) mass is 241 g/mol. The van der Waals surface area contributed by atoms with Crippen LogP contribution >= 0.6 is 0 Å².